The van der Waals surface area contributed by atoms with E-state index in [4.69, 9.17) is 16.6 Å². The number of aromatic nitrogens is 4. The summed E-state index contributed by atoms with van der Waals surface area (Å²) in [6, 6.07) is 19.0. The summed E-state index contributed by atoms with van der Waals surface area (Å²) in [4.78, 5) is 42.1. The highest BCUT2D eigenvalue weighted by molar-refractivity contribution is 6.31. The van der Waals surface area contributed by atoms with Gasteiger partial charge < -0.3 is 4.90 Å². The van der Waals surface area contributed by atoms with Gasteiger partial charge in [0.1, 0.15) is 11.3 Å². The Balaban J connectivity index is 1.16. The molecule has 3 aromatic heterocycles. The number of amides is 1. The third kappa shape index (κ3) is 4.43. The second-order valence-corrected chi connectivity index (χ2v) is 10.9. The third-order valence-corrected chi connectivity index (χ3v) is 8.27. The van der Waals surface area contributed by atoms with Gasteiger partial charge in [-0.3, -0.25) is 24.1 Å². The molecule has 4 heterocycles. The van der Waals surface area contributed by atoms with E-state index in [0.29, 0.717) is 48.5 Å². The number of nitrogens with zero attached hydrogens (tertiary/aromatic N) is 5. The number of carbonyl (C=O) groups is 2. The number of hydrogen-bond acceptors (Lipinski definition) is 5. The van der Waals surface area contributed by atoms with Crippen molar-refractivity contribution in [1.29, 1.82) is 0 Å². The van der Waals surface area contributed by atoms with E-state index < -0.39 is 0 Å². The van der Waals surface area contributed by atoms with Crippen molar-refractivity contribution in [2.75, 3.05) is 13.1 Å². The van der Waals surface area contributed by atoms with E-state index in [1.54, 1.807) is 24.7 Å². The second-order valence-electron chi connectivity index (χ2n) is 10.5. The van der Waals surface area contributed by atoms with Crippen LogP contribution in [0.3, 0.4) is 0 Å². The summed E-state index contributed by atoms with van der Waals surface area (Å²) in [7, 11) is 0. The van der Waals surface area contributed by atoms with Crippen molar-refractivity contribution in [2.45, 2.75) is 26.2 Å². The van der Waals surface area contributed by atoms with E-state index in [0.717, 1.165) is 44.9 Å². The van der Waals surface area contributed by atoms with Crippen LogP contribution in [0.15, 0.2) is 84.8 Å². The number of fused-ring (bicyclic) bond motifs is 3. The number of aryl methyl sites for hydroxylation is 1. The molecule has 0 N–H and O–H groups in total. The number of piperidine rings is 1. The van der Waals surface area contributed by atoms with Gasteiger partial charge in [0.05, 0.1) is 17.4 Å². The molecule has 5 aromatic rings. The lowest BCUT2D eigenvalue weighted by atomic mass is 9.88. The Hall–Kier alpha value is -4.62. The number of pyridine rings is 2. The van der Waals surface area contributed by atoms with Crippen LogP contribution in [0.5, 0.6) is 0 Å². The van der Waals surface area contributed by atoms with Crippen molar-refractivity contribution in [1.82, 2.24) is 24.4 Å². The molecule has 0 atom stereocenters. The lowest BCUT2D eigenvalue weighted by Gasteiger charge is -2.30. The highest BCUT2D eigenvalue weighted by Crippen LogP contribution is 2.38. The second kappa shape index (κ2) is 10.1. The lowest BCUT2D eigenvalue weighted by molar-refractivity contribution is 0.0743. The van der Waals surface area contributed by atoms with E-state index >= 15 is 0 Å². The summed E-state index contributed by atoms with van der Waals surface area (Å²) in [6.07, 6.45) is 7.00. The first-order chi connectivity index (χ1) is 20.0. The molecule has 0 saturated carbocycles. The SMILES string of the molecule is Cc1nc2cnccc2n1-c1ccc(C(=O)N2CCC(=C3c4ccc(Cl)cc4C(=O)Cc4cccnc43)CC2)cc1. The molecular formula is C33H26ClN5O2. The quantitative estimate of drug-likeness (QED) is 0.255. The molecule has 7 nitrogen and oxygen atoms in total. The fourth-order valence-electron chi connectivity index (χ4n) is 6.07. The molecular weight excluding hydrogens is 534 g/mol. The normalized spacial score (nSPS) is 15.1. The minimum Gasteiger partial charge on any atom is -0.338 e. The van der Waals surface area contributed by atoms with Gasteiger partial charge in [-0.15, -0.1) is 0 Å². The van der Waals surface area contributed by atoms with Gasteiger partial charge in [0.2, 0.25) is 0 Å². The topological polar surface area (TPSA) is 81.0 Å². The van der Waals surface area contributed by atoms with Gasteiger partial charge in [0.25, 0.3) is 5.91 Å². The number of imidazole rings is 1. The smallest absolute Gasteiger partial charge is 0.253 e. The standard InChI is InChI=1S/C33H26ClN5O2/c1-20-37-28-19-35-14-10-29(28)39(20)25-7-4-22(5-8-25)33(41)38-15-11-21(12-16-38)31-26-9-6-24(34)18-27(26)30(40)17-23-3-2-13-36-32(23)31/h2-10,13-14,18-19H,11-12,15-17H2,1H3. The zero-order valence-electron chi connectivity index (χ0n) is 22.5. The Bertz CT molecular complexity index is 1880. The molecule has 1 aliphatic heterocycles. The van der Waals surface area contributed by atoms with Crippen LogP contribution >= 0.6 is 11.6 Å². The largest absolute Gasteiger partial charge is 0.338 e. The van der Waals surface area contributed by atoms with Gasteiger partial charge in [-0.2, -0.15) is 0 Å². The van der Waals surface area contributed by atoms with Crippen LogP contribution in [-0.4, -0.2) is 49.2 Å². The summed E-state index contributed by atoms with van der Waals surface area (Å²) in [5.74, 6) is 0.918. The van der Waals surface area contributed by atoms with E-state index in [-0.39, 0.29) is 11.7 Å². The van der Waals surface area contributed by atoms with Gasteiger partial charge in [-0.25, -0.2) is 4.98 Å². The summed E-state index contributed by atoms with van der Waals surface area (Å²) in [5.41, 5.74) is 8.92. The number of hydrogen-bond donors (Lipinski definition) is 0. The van der Waals surface area contributed by atoms with Crippen LogP contribution < -0.4 is 0 Å². The Labute approximate surface area is 242 Å². The Kier molecular flexibility index (Phi) is 6.24. The van der Waals surface area contributed by atoms with Crippen molar-refractivity contribution in [3.05, 3.63) is 124 Å². The number of ketones is 1. The Morgan fingerprint density at radius 3 is 2.56 bits per heavy atom. The maximum atomic E-state index is 13.5. The highest BCUT2D eigenvalue weighted by Gasteiger charge is 2.29. The first-order valence-corrected chi connectivity index (χ1v) is 14.0. The highest BCUT2D eigenvalue weighted by atomic mass is 35.5. The molecule has 202 valence electrons. The van der Waals surface area contributed by atoms with Gasteiger partial charge in [0, 0.05) is 59.3 Å². The van der Waals surface area contributed by atoms with Crippen LogP contribution in [-0.2, 0) is 6.42 Å². The van der Waals surface area contributed by atoms with Crippen LogP contribution in [0, 0.1) is 6.92 Å². The summed E-state index contributed by atoms with van der Waals surface area (Å²) in [6.45, 7) is 3.15. The van der Waals surface area contributed by atoms with Gasteiger partial charge in [-0.05, 0) is 79.4 Å². The zero-order chi connectivity index (χ0) is 28.1. The van der Waals surface area contributed by atoms with Crippen molar-refractivity contribution in [2.24, 2.45) is 0 Å². The summed E-state index contributed by atoms with van der Waals surface area (Å²) < 4.78 is 2.07. The third-order valence-electron chi connectivity index (χ3n) is 8.04. The molecule has 1 fully saturated rings. The first kappa shape index (κ1) is 25.4. The van der Waals surface area contributed by atoms with Crippen molar-refractivity contribution >= 4 is 39.9 Å². The molecule has 41 heavy (non-hydrogen) atoms. The maximum absolute atomic E-state index is 13.5. The lowest BCUT2D eigenvalue weighted by Crippen LogP contribution is -2.36. The van der Waals surface area contributed by atoms with Crippen molar-refractivity contribution in [3.63, 3.8) is 0 Å². The molecule has 0 spiro atoms. The molecule has 1 amide bonds. The Morgan fingerprint density at radius 1 is 0.951 bits per heavy atom. The minimum absolute atomic E-state index is 0.0127. The monoisotopic (exact) mass is 559 g/mol. The molecule has 0 radical (unpaired) electrons. The molecule has 8 heteroatoms. The van der Waals surface area contributed by atoms with Crippen molar-refractivity contribution < 1.29 is 9.59 Å². The summed E-state index contributed by atoms with van der Waals surface area (Å²) in [5, 5.41) is 0.542. The molecule has 1 saturated heterocycles. The fraction of sp³-hybridized carbons (Fsp3) is 0.182. The van der Waals surface area contributed by atoms with E-state index in [9.17, 15) is 9.59 Å². The molecule has 2 aliphatic rings. The molecule has 0 bridgehead atoms. The number of likely N-dealkylation sites (tertiary alicyclic amines) is 1. The predicted molar refractivity (Wildman–Crippen MR) is 158 cm³/mol. The molecule has 1 aliphatic carbocycles. The maximum Gasteiger partial charge on any atom is 0.253 e. The number of Topliss-reactive ketones (excluding diaryl/α,β-unsaturated/α-hetero) is 1. The van der Waals surface area contributed by atoms with Crippen LogP contribution in [0.4, 0.5) is 0 Å². The number of benzene rings is 2. The molecule has 7 rings (SSSR count). The van der Waals surface area contributed by atoms with Gasteiger partial charge in [0.15, 0.2) is 5.78 Å². The van der Waals surface area contributed by atoms with Gasteiger partial charge in [-0.1, -0.05) is 29.3 Å². The zero-order valence-corrected chi connectivity index (χ0v) is 23.2. The van der Waals surface area contributed by atoms with Crippen LogP contribution in [0.1, 0.15) is 56.2 Å². The first-order valence-electron chi connectivity index (χ1n) is 13.7. The average molecular weight is 560 g/mol. The molecule has 0 unspecified atom stereocenters. The number of carbonyl (C=O) groups excluding carboxylic acids is 2. The minimum atomic E-state index is 0.0127. The summed E-state index contributed by atoms with van der Waals surface area (Å²) >= 11 is 6.29. The Morgan fingerprint density at radius 2 is 1.76 bits per heavy atom. The number of halogens is 1. The van der Waals surface area contributed by atoms with Gasteiger partial charge >= 0.3 is 0 Å². The fourth-order valence-corrected chi connectivity index (χ4v) is 6.24. The van der Waals surface area contributed by atoms with E-state index in [1.807, 2.05) is 66.4 Å². The molecule has 2 aromatic carbocycles. The van der Waals surface area contributed by atoms with Crippen LogP contribution in [0.25, 0.3) is 22.3 Å². The van der Waals surface area contributed by atoms with Crippen LogP contribution in [0.2, 0.25) is 5.02 Å². The average Bonchev–Trinajstić information content (AvgIpc) is 3.28. The van der Waals surface area contributed by atoms with E-state index in [1.165, 1.54) is 5.57 Å². The van der Waals surface area contributed by atoms with E-state index in [2.05, 4.69) is 14.5 Å². The predicted octanol–water partition coefficient (Wildman–Crippen LogP) is 6.25. The van der Waals surface area contributed by atoms with Crippen molar-refractivity contribution in [3.8, 4) is 5.69 Å². The number of rotatable bonds is 2.